The van der Waals surface area contributed by atoms with Crippen LogP contribution in [0.4, 0.5) is 5.82 Å². The molecule has 0 saturated carbocycles. The van der Waals surface area contributed by atoms with Gasteiger partial charge in [-0.05, 0) is 24.3 Å². The van der Waals surface area contributed by atoms with Crippen LogP contribution in [-0.4, -0.2) is 64.2 Å². The van der Waals surface area contributed by atoms with E-state index in [0.29, 0.717) is 18.5 Å². The highest BCUT2D eigenvalue weighted by atomic mass is 16.3. The number of aromatic nitrogens is 3. The molecule has 1 saturated heterocycles. The number of hydrogen-bond donors (Lipinski definition) is 1. The minimum Gasteiger partial charge on any atom is -0.369 e. The molecule has 0 radical (unpaired) electrons. The van der Waals surface area contributed by atoms with Gasteiger partial charge in [-0.3, -0.25) is 4.79 Å². The van der Waals surface area contributed by atoms with Crippen LogP contribution in [0.5, 0.6) is 0 Å². The van der Waals surface area contributed by atoms with Crippen LogP contribution in [0.25, 0.3) is 22.3 Å². The Bertz CT molecular complexity index is 1160. The Morgan fingerprint density at radius 3 is 2.76 bits per heavy atom. The van der Waals surface area contributed by atoms with Crippen molar-refractivity contribution in [3.8, 4) is 23.1 Å². The SMILES string of the molecule is CN1CC[C@](O)(C#Cc2cccc(-c3ccc4ncnc(N(C)C)c4n3)c2)C1=O. The predicted molar refractivity (Wildman–Crippen MR) is 111 cm³/mol. The highest BCUT2D eigenvalue weighted by Crippen LogP contribution is 2.25. The van der Waals surface area contributed by atoms with Crippen LogP contribution in [0.2, 0.25) is 0 Å². The Labute approximate surface area is 169 Å². The van der Waals surface area contributed by atoms with E-state index >= 15 is 0 Å². The lowest BCUT2D eigenvalue weighted by molar-refractivity contribution is -0.137. The standard InChI is InChI=1S/C22H21N5O2/c1-26(2)20-19-18(23-14-24-20)8-7-17(25-19)16-6-4-5-15(13-16)9-10-22(29)11-12-27(3)21(22)28/h4-8,13-14,29H,11-12H2,1-3H3/t22-/m1/s1. The van der Waals surface area contributed by atoms with E-state index in [-0.39, 0.29) is 5.91 Å². The molecule has 1 aliphatic rings. The average molecular weight is 387 g/mol. The third-order valence-electron chi connectivity index (χ3n) is 4.97. The lowest BCUT2D eigenvalue weighted by Gasteiger charge is -2.13. The van der Waals surface area contributed by atoms with Crippen molar-refractivity contribution in [3.63, 3.8) is 0 Å². The summed E-state index contributed by atoms with van der Waals surface area (Å²) in [7, 11) is 5.50. The first-order chi connectivity index (χ1) is 13.9. The van der Waals surface area contributed by atoms with Crippen LogP contribution >= 0.6 is 0 Å². The monoisotopic (exact) mass is 387 g/mol. The van der Waals surface area contributed by atoms with Crippen molar-refractivity contribution < 1.29 is 9.90 Å². The predicted octanol–water partition coefficient (Wildman–Crippen LogP) is 1.70. The van der Waals surface area contributed by atoms with Gasteiger partial charge in [0.25, 0.3) is 5.91 Å². The Morgan fingerprint density at radius 1 is 1.21 bits per heavy atom. The molecule has 1 amide bonds. The van der Waals surface area contributed by atoms with Crippen molar-refractivity contribution in [2.45, 2.75) is 12.0 Å². The van der Waals surface area contributed by atoms with E-state index in [2.05, 4.69) is 21.8 Å². The van der Waals surface area contributed by atoms with E-state index in [0.717, 1.165) is 28.1 Å². The number of fused-ring (bicyclic) bond motifs is 1. The quantitative estimate of drug-likeness (QED) is 0.674. The largest absolute Gasteiger partial charge is 0.369 e. The summed E-state index contributed by atoms with van der Waals surface area (Å²) < 4.78 is 0. The van der Waals surface area contributed by atoms with Crippen molar-refractivity contribution in [1.82, 2.24) is 19.9 Å². The minimum atomic E-state index is -1.61. The van der Waals surface area contributed by atoms with Crippen molar-refractivity contribution in [1.29, 1.82) is 0 Å². The summed E-state index contributed by atoms with van der Waals surface area (Å²) in [6, 6.07) is 11.4. The zero-order valence-electron chi connectivity index (χ0n) is 16.5. The fourth-order valence-corrected chi connectivity index (χ4v) is 3.32. The van der Waals surface area contributed by atoms with Gasteiger partial charge in [-0.1, -0.05) is 24.0 Å². The number of anilines is 1. The normalized spacial score (nSPS) is 18.6. The fourth-order valence-electron chi connectivity index (χ4n) is 3.32. The number of carbonyl (C=O) groups excluding carboxylic acids is 1. The second-order valence-electron chi connectivity index (χ2n) is 7.32. The van der Waals surface area contributed by atoms with Gasteiger partial charge in [0.2, 0.25) is 5.60 Å². The van der Waals surface area contributed by atoms with Crippen molar-refractivity contribution in [3.05, 3.63) is 48.3 Å². The number of likely N-dealkylation sites (tertiary alicyclic amines) is 1. The lowest BCUT2D eigenvalue weighted by atomic mass is 10.0. The molecule has 1 fully saturated rings. The number of pyridine rings is 1. The lowest BCUT2D eigenvalue weighted by Crippen LogP contribution is -2.37. The number of aliphatic hydroxyl groups is 1. The number of hydrogen-bond acceptors (Lipinski definition) is 6. The van der Waals surface area contributed by atoms with Gasteiger partial charge in [-0.2, -0.15) is 0 Å². The van der Waals surface area contributed by atoms with Crippen molar-refractivity contribution in [2.75, 3.05) is 32.6 Å². The molecule has 1 aromatic carbocycles. The van der Waals surface area contributed by atoms with E-state index in [4.69, 9.17) is 4.98 Å². The van der Waals surface area contributed by atoms with Gasteiger partial charge in [-0.15, -0.1) is 0 Å². The maximum Gasteiger partial charge on any atom is 0.267 e. The maximum atomic E-state index is 12.1. The van der Waals surface area contributed by atoms with Gasteiger partial charge in [0.15, 0.2) is 5.82 Å². The fraction of sp³-hybridized carbons (Fsp3) is 0.273. The van der Waals surface area contributed by atoms with Gasteiger partial charge in [-0.25, -0.2) is 15.0 Å². The van der Waals surface area contributed by atoms with E-state index in [1.165, 1.54) is 11.2 Å². The topological polar surface area (TPSA) is 82.4 Å². The third-order valence-corrected chi connectivity index (χ3v) is 4.97. The van der Waals surface area contributed by atoms with Gasteiger partial charge < -0.3 is 14.9 Å². The molecule has 7 nitrogen and oxygen atoms in total. The van der Waals surface area contributed by atoms with Crippen molar-refractivity contribution >= 4 is 22.8 Å². The van der Waals surface area contributed by atoms with Crippen LogP contribution in [0.15, 0.2) is 42.7 Å². The molecule has 0 spiro atoms. The first-order valence-electron chi connectivity index (χ1n) is 9.28. The zero-order valence-corrected chi connectivity index (χ0v) is 16.5. The number of amides is 1. The second kappa shape index (κ2) is 7.15. The third kappa shape index (κ3) is 3.50. The average Bonchev–Trinajstić information content (AvgIpc) is 2.99. The minimum absolute atomic E-state index is 0.314. The highest BCUT2D eigenvalue weighted by Gasteiger charge is 2.42. The van der Waals surface area contributed by atoms with E-state index in [9.17, 15) is 9.90 Å². The Balaban J connectivity index is 1.71. The van der Waals surface area contributed by atoms with Crippen LogP contribution in [0, 0.1) is 11.8 Å². The highest BCUT2D eigenvalue weighted by molar-refractivity contribution is 5.90. The molecule has 2 aromatic heterocycles. The summed E-state index contributed by atoms with van der Waals surface area (Å²) in [6.45, 7) is 0.501. The summed E-state index contributed by atoms with van der Waals surface area (Å²) in [5.74, 6) is 6.10. The van der Waals surface area contributed by atoms with Crippen LogP contribution in [-0.2, 0) is 4.79 Å². The first-order valence-corrected chi connectivity index (χ1v) is 9.28. The molecule has 1 N–H and O–H groups in total. The molecule has 0 unspecified atom stereocenters. The van der Waals surface area contributed by atoms with Crippen LogP contribution < -0.4 is 4.90 Å². The number of rotatable bonds is 2. The van der Waals surface area contributed by atoms with Gasteiger partial charge >= 0.3 is 0 Å². The molecule has 4 rings (SSSR count). The van der Waals surface area contributed by atoms with Crippen LogP contribution in [0.1, 0.15) is 12.0 Å². The summed E-state index contributed by atoms with van der Waals surface area (Å²) in [5, 5.41) is 10.5. The Morgan fingerprint density at radius 2 is 2.03 bits per heavy atom. The molecular weight excluding hydrogens is 366 g/mol. The molecule has 146 valence electrons. The summed E-state index contributed by atoms with van der Waals surface area (Å²) in [4.78, 5) is 28.9. The van der Waals surface area contributed by atoms with Gasteiger partial charge in [0.1, 0.15) is 11.8 Å². The molecule has 3 aromatic rings. The van der Waals surface area contributed by atoms with E-state index in [1.54, 1.807) is 7.05 Å². The molecule has 1 aliphatic heterocycles. The molecule has 1 atom stereocenters. The molecule has 0 aliphatic carbocycles. The smallest absolute Gasteiger partial charge is 0.267 e. The summed E-state index contributed by atoms with van der Waals surface area (Å²) in [6.07, 6.45) is 1.84. The van der Waals surface area contributed by atoms with E-state index in [1.807, 2.05) is 55.4 Å². The Hall–Kier alpha value is -3.50. The summed E-state index contributed by atoms with van der Waals surface area (Å²) >= 11 is 0. The zero-order chi connectivity index (χ0) is 20.6. The molecule has 0 bridgehead atoms. The molecular formula is C22H21N5O2. The number of nitrogens with zero attached hydrogens (tertiary/aromatic N) is 5. The Kier molecular flexibility index (Phi) is 4.65. The first kappa shape index (κ1) is 18.8. The van der Waals surface area contributed by atoms with Crippen LogP contribution in [0.3, 0.4) is 0 Å². The number of likely N-dealkylation sites (N-methyl/N-ethyl adjacent to an activating group) is 1. The molecule has 7 heteroatoms. The second-order valence-corrected chi connectivity index (χ2v) is 7.32. The van der Waals surface area contributed by atoms with Crippen molar-refractivity contribution in [2.24, 2.45) is 0 Å². The van der Waals surface area contributed by atoms with Gasteiger partial charge in [0, 0.05) is 45.2 Å². The maximum absolute atomic E-state index is 12.1. The summed E-state index contributed by atoms with van der Waals surface area (Å²) in [5.41, 5.74) is 2.25. The van der Waals surface area contributed by atoms with Gasteiger partial charge in [0.05, 0.1) is 11.2 Å². The number of benzene rings is 1. The van der Waals surface area contributed by atoms with E-state index < -0.39 is 5.60 Å². The number of carbonyl (C=O) groups is 1. The molecule has 29 heavy (non-hydrogen) atoms. The molecule has 3 heterocycles.